The molecule has 2 heterocycles. The molecule has 0 amide bonds. The molecule has 4 rings (SSSR count). The van der Waals surface area contributed by atoms with Crippen molar-refractivity contribution in [3.05, 3.63) is 88.5 Å². The van der Waals surface area contributed by atoms with Crippen molar-refractivity contribution < 1.29 is 18.7 Å². The predicted molar refractivity (Wildman–Crippen MR) is 103 cm³/mol. The molecule has 8 nitrogen and oxygen atoms in total. The molecule has 2 aromatic carbocycles. The van der Waals surface area contributed by atoms with Crippen LogP contribution in [0.5, 0.6) is 5.75 Å². The van der Waals surface area contributed by atoms with Gasteiger partial charge >= 0.3 is 11.6 Å². The molecule has 29 heavy (non-hydrogen) atoms. The second-order valence-electron chi connectivity index (χ2n) is 6.27. The Labute approximate surface area is 165 Å². The number of nitrogens with zero attached hydrogens (tertiary/aromatic N) is 3. The van der Waals surface area contributed by atoms with Crippen LogP contribution in [-0.2, 0) is 22.7 Å². The zero-order valence-electron chi connectivity index (χ0n) is 15.4. The fourth-order valence-corrected chi connectivity index (χ4v) is 2.79. The van der Waals surface area contributed by atoms with E-state index >= 15 is 0 Å². The molecule has 0 spiro atoms. The van der Waals surface area contributed by atoms with Crippen LogP contribution in [0.3, 0.4) is 0 Å². The lowest BCUT2D eigenvalue weighted by Crippen LogP contribution is -2.15. The van der Waals surface area contributed by atoms with Crippen molar-refractivity contribution in [3.63, 3.8) is 0 Å². The number of hydrogen-bond acceptors (Lipinski definition) is 7. The van der Waals surface area contributed by atoms with Gasteiger partial charge in [-0.2, -0.15) is 0 Å². The molecule has 0 radical (unpaired) electrons. The summed E-state index contributed by atoms with van der Waals surface area (Å²) in [7, 11) is 0. The zero-order valence-corrected chi connectivity index (χ0v) is 15.4. The van der Waals surface area contributed by atoms with Crippen LogP contribution in [0.15, 0.2) is 76.1 Å². The van der Waals surface area contributed by atoms with Crippen molar-refractivity contribution in [2.75, 3.05) is 6.61 Å². The molecule has 0 aliphatic carbocycles. The van der Waals surface area contributed by atoms with Gasteiger partial charge in [-0.1, -0.05) is 47.7 Å². The average molecular weight is 391 g/mol. The lowest BCUT2D eigenvalue weighted by molar-refractivity contribution is -0.147. The number of rotatable bonds is 7. The number of esters is 1. The highest BCUT2D eigenvalue weighted by Gasteiger charge is 2.11. The van der Waals surface area contributed by atoms with E-state index in [-0.39, 0.29) is 19.0 Å². The molecular weight excluding hydrogens is 374 g/mol. The van der Waals surface area contributed by atoms with E-state index in [1.807, 2.05) is 30.3 Å². The average Bonchev–Trinajstić information content (AvgIpc) is 3.18. The van der Waals surface area contributed by atoms with Gasteiger partial charge in [0, 0.05) is 0 Å². The van der Waals surface area contributed by atoms with Crippen LogP contribution in [0, 0.1) is 0 Å². The number of carbonyl (C=O) groups excluding carboxylic acids is 1. The topological polar surface area (TPSA) is 96.5 Å². The van der Waals surface area contributed by atoms with Crippen molar-refractivity contribution in [1.82, 2.24) is 15.0 Å². The van der Waals surface area contributed by atoms with Gasteiger partial charge in [-0.15, -0.1) is 5.10 Å². The van der Waals surface area contributed by atoms with Crippen molar-refractivity contribution >= 4 is 16.9 Å². The summed E-state index contributed by atoms with van der Waals surface area (Å²) in [6, 6.07) is 18.0. The van der Waals surface area contributed by atoms with E-state index in [0.717, 1.165) is 5.56 Å². The molecule has 0 bridgehead atoms. The Hall–Kier alpha value is -3.94. The summed E-state index contributed by atoms with van der Waals surface area (Å²) >= 11 is 0. The van der Waals surface area contributed by atoms with Gasteiger partial charge in [-0.3, -0.25) is 0 Å². The van der Waals surface area contributed by atoms with Gasteiger partial charge in [-0.25, -0.2) is 14.3 Å². The zero-order chi connectivity index (χ0) is 20.1. The highest BCUT2D eigenvalue weighted by atomic mass is 16.6. The van der Waals surface area contributed by atoms with E-state index in [0.29, 0.717) is 23.2 Å². The van der Waals surface area contributed by atoms with Crippen molar-refractivity contribution in [2.24, 2.45) is 0 Å². The van der Waals surface area contributed by atoms with Gasteiger partial charge in [-0.05, 0) is 17.7 Å². The van der Waals surface area contributed by atoms with Gasteiger partial charge in [0.1, 0.15) is 23.6 Å². The molecule has 0 aliphatic rings. The first kappa shape index (κ1) is 18.4. The van der Waals surface area contributed by atoms with Crippen LogP contribution in [0.1, 0.15) is 11.3 Å². The van der Waals surface area contributed by atoms with Gasteiger partial charge in [0.25, 0.3) is 0 Å². The third kappa shape index (κ3) is 4.67. The fourth-order valence-electron chi connectivity index (χ4n) is 2.79. The summed E-state index contributed by atoms with van der Waals surface area (Å²) in [5.41, 5.74) is 1.45. The first-order valence-corrected chi connectivity index (χ1v) is 8.91. The minimum absolute atomic E-state index is 0.0192. The molecule has 0 saturated heterocycles. The largest absolute Gasteiger partial charge is 0.481 e. The quantitative estimate of drug-likeness (QED) is 0.353. The number of ether oxygens (including phenoxy) is 2. The second-order valence-corrected chi connectivity index (χ2v) is 6.27. The van der Waals surface area contributed by atoms with Crippen LogP contribution in [0.4, 0.5) is 0 Å². The Morgan fingerprint density at radius 2 is 1.86 bits per heavy atom. The van der Waals surface area contributed by atoms with Gasteiger partial charge in [0.15, 0.2) is 6.61 Å². The third-order valence-corrected chi connectivity index (χ3v) is 4.11. The first-order valence-electron chi connectivity index (χ1n) is 8.91. The third-order valence-electron chi connectivity index (χ3n) is 4.11. The molecule has 0 atom stereocenters. The smallest absolute Gasteiger partial charge is 0.344 e. The Balaban J connectivity index is 1.32. The van der Waals surface area contributed by atoms with Gasteiger partial charge in [0.2, 0.25) is 0 Å². The molecule has 0 N–H and O–H groups in total. The first-order chi connectivity index (χ1) is 14.2. The number of hydrogen-bond donors (Lipinski definition) is 0. The second kappa shape index (κ2) is 8.39. The van der Waals surface area contributed by atoms with Crippen LogP contribution in [0.25, 0.3) is 11.0 Å². The minimum Gasteiger partial charge on any atom is -0.481 e. The summed E-state index contributed by atoms with van der Waals surface area (Å²) < 4.78 is 17.4. The maximum Gasteiger partial charge on any atom is 0.344 e. The van der Waals surface area contributed by atoms with E-state index in [1.54, 1.807) is 35.1 Å². The summed E-state index contributed by atoms with van der Waals surface area (Å²) in [6.07, 6.45) is 1.72. The van der Waals surface area contributed by atoms with Crippen LogP contribution in [0.2, 0.25) is 0 Å². The highest BCUT2D eigenvalue weighted by Crippen LogP contribution is 2.23. The van der Waals surface area contributed by atoms with Crippen molar-refractivity contribution in [1.29, 1.82) is 0 Å². The van der Waals surface area contributed by atoms with Crippen molar-refractivity contribution in [3.8, 4) is 5.75 Å². The van der Waals surface area contributed by atoms with Gasteiger partial charge < -0.3 is 13.9 Å². The van der Waals surface area contributed by atoms with Crippen molar-refractivity contribution in [2.45, 2.75) is 13.2 Å². The lowest BCUT2D eigenvalue weighted by Gasteiger charge is -2.07. The summed E-state index contributed by atoms with van der Waals surface area (Å²) in [5.74, 6) is -0.317. The molecule has 0 aliphatic heterocycles. The fraction of sp³-hybridized carbons (Fsp3) is 0.143. The molecular formula is C21H17N3O5. The monoisotopic (exact) mass is 391 g/mol. The standard InChI is InChI=1S/C21H17N3O5/c25-20-10-19(17-8-4-5-9-18(17)29-20)27-14-21(26)28-13-16-12-24(23-22-16)11-15-6-2-1-3-7-15/h1-10,12H,11,13-14H2. The predicted octanol–water partition coefficient (Wildman–Crippen LogP) is 2.56. The van der Waals surface area contributed by atoms with Crippen LogP contribution >= 0.6 is 0 Å². The summed E-state index contributed by atoms with van der Waals surface area (Å²) in [4.78, 5) is 23.6. The highest BCUT2D eigenvalue weighted by molar-refractivity contribution is 5.83. The maximum absolute atomic E-state index is 12.0. The maximum atomic E-state index is 12.0. The Kier molecular flexibility index (Phi) is 5.33. The summed E-state index contributed by atoms with van der Waals surface area (Å²) in [5, 5.41) is 8.62. The van der Waals surface area contributed by atoms with E-state index in [2.05, 4.69) is 10.3 Å². The number of para-hydroxylation sites is 1. The number of fused-ring (bicyclic) bond motifs is 1. The number of benzene rings is 2. The molecule has 0 saturated carbocycles. The van der Waals surface area contributed by atoms with E-state index in [9.17, 15) is 9.59 Å². The molecule has 0 fully saturated rings. The van der Waals surface area contributed by atoms with Gasteiger partial charge in [0.05, 0.1) is 24.2 Å². The number of carbonyl (C=O) groups is 1. The van der Waals surface area contributed by atoms with E-state index < -0.39 is 11.6 Å². The number of aromatic nitrogens is 3. The normalized spacial score (nSPS) is 10.8. The molecule has 4 aromatic rings. The molecule has 2 aromatic heterocycles. The SMILES string of the molecule is O=C(COc1cc(=O)oc2ccccc12)OCc1cn(Cc2ccccc2)nn1. The van der Waals surface area contributed by atoms with E-state index in [1.165, 1.54) is 6.07 Å². The molecule has 8 heteroatoms. The Morgan fingerprint density at radius 1 is 1.07 bits per heavy atom. The Bertz CT molecular complexity index is 1180. The molecule has 0 unspecified atom stereocenters. The minimum atomic E-state index is -0.583. The molecule has 146 valence electrons. The van der Waals surface area contributed by atoms with Crippen LogP contribution < -0.4 is 10.4 Å². The van der Waals surface area contributed by atoms with E-state index in [4.69, 9.17) is 13.9 Å². The summed E-state index contributed by atoms with van der Waals surface area (Å²) in [6.45, 7) is 0.217. The van der Waals surface area contributed by atoms with Crippen LogP contribution in [-0.4, -0.2) is 27.6 Å². The lowest BCUT2D eigenvalue weighted by atomic mass is 10.2. The Morgan fingerprint density at radius 3 is 2.72 bits per heavy atom.